The molecule has 0 radical (unpaired) electrons. The summed E-state index contributed by atoms with van der Waals surface area (Å²) in [5.74, 6) is 0.981. The monoisotopic (exact) mass is 251 g/mol. The Balaban J connectivity index is 1.47. The van der Waals surface area contributed by atoms with Crippen LogP contribution in [0.2, 0.25) is 0 Å². The predicted molar refractivity (Wildman–Crippen MR) is 75.8 cm³/mol. The van der Waals surface area contributed by atoms with Crippen LogP contribution in [-0.2, 0) is 0 Å². The highest BCUT2D eigenvalue weighted by Gasteiger charge is 2.40. The van der Waals surface area contributed by atoms with Gasteiger partial charge in [-0.15, -0.1) is 0 Å². The lowest BCUT2D eigenvalue weighted by Gasteiger charge is -2.38. The van der Waals surface area contributed by atoms with Crippen molar-refractivity contribution in [1.82, 2.24) is 15.1 Å². The number of hydrogen-bond donors (Lipinski definition) is 1. The van der Waals surface area contributed by atoms with Gasteiger partial charge in [0.25, 0.3) is 0 Å². The van der Waals surface area contributed by atoms with Crippen molar-refractivity contribution in [3.05, 3.63) is 0 Å². The molecular weight excluding hydrogens is 222 g/mol. The maximum Gasteiger partial charge on any atom is 0.0263 e. The van der Waals surface area contributed by atoms with Crippen LogP contribution in [-0.4, -0.2) is 61.7 Å². The molecule has 3 aliphatic heterocycles. The molecule has 0 aliphatic carbocycles. The van der Waals surface area contributed by atoms with E-state index in [0.717, 1.165) is 18.0 Å². The normalized spacial score (nSPS) is 35.2. The Kier molecular flexibility index (Phi) is 4.22. The van der Waals surface area contributed by atoms with E-state index in [1.54, 1.807) is 0 Å². The number of likely N-dealkylation sites (tertiary alicyclic amines) is 1. The fraction of sp³-hybridized carbons (Fsp3) is 1.00. The molecule has 2 unspecified atom stereocenters. The molecule has 0 spiro atoms. The lowest BCUT2D eigenvalue weighted by Crippen LogP contribution is -2.46. The first kappa shape index (κ1) is 12.9. The molecule has 0 saturated carbocycles. The SMILES string of the molecule is CNCCC1CCN(C2CCN3CCCC23)CC1. The van der Waals surface area contributed by atoms with E-state index in [4.69, 9.17) is 0 Å². The summed E-state index contributed by atoms with van der Waals surface area (Å²) in [7, 11) is 2.07. The van der Waals surface area contributed by atoms with Gasteiger partial charge in [0.2, 0.25) is 0 Å². The molecule has 3 heterocycles. The van der Waals surface area contributed by atoms with Crippen LogP contribution in [0.5, 0.6) is 0 Å². The van der Waals surface area contributed by atoms with Crippen LogP contribution in [0.1, 0.15) is 38.5 Å². The summed E-state index contributed by atoms with van der Waals surface area (Å²) in [5.41, 5.74) is 0. The number of hydrogen-bond acceptors (Lipinski definition) is 3. The highest BCUT2D eigenvalue weighted by atomic mass is 15.3. The first-order valence-corrected chi connectivity index (χ1v) is 8.01. The molecule has 3 saturated heterocycles. The topological polar surface area (TPSA) is 18.5 Å². The van der Waals surface area contributed by atoms with Gasteiger partial charge >= 0.3 is 0 Å². The second-order valence-corrected chi connectivity index (χ2v) is 6.47. The fourth-order valence-electron chi connectivity index (χ4n) is 4.40. The van der Waals surface area contributed by atoms with Crippen LogP contribution in [0.4, 0.5) is 0 Å². The van der Waals surface area contributed by atoms with Gasteiger partial charge < -0.3 is 5.32 Å². The van der Waals surface area contributed by atoms with Crippen molar-refractivity contribution >= 4 is 0 Å². The molecule has 3 heteroatoms. The quantitative estimate of drug-likeness (QED) is 0.818. The molecule has 0 aromatic rings. The smallest absolute Gasteiger partial charge is 0.0263 e. The number of rotatable bonds is 4. The van der Waals surface area contributed by atoms with Crippen LogP contribution in [0, 0.1) is 5.92 Å². The highest BCUT2D eigenvalue weighted by molar-refractivity contribution is 4.97. The van der Waals surface area contributed by atoms with E-state index in [9.17, 15) is 0 Å². The van der Waals surface area contributed by atoms with E-state index in [1.807, 2.05) is 0 Å². The zero-order valence-electron chi connectivity index (χ0n) is 11.9. The average molecular weight is 251 g/mol. The largest absolute Gasteiger partial charge is 0.320 e. The number of piperidine rings is 1. The van der Waals surface area contributed by atoms with Crippen molar-refractivity contribution in [3.8, 4) is 0 Å². The summed E-state index contributed by atoms with van der Waals surface area (Å²) in [6.45, 7) is 6.67. The van der Waals surface area contributed by atoms with E-state index in [0.29, 0.717) is 0 Å². The molecule has 3 rings (SSSR count). The van der Waals surface area contributed by atoms with Crippen molar-refractivity contribution in [2.24, 2.45) is 5.92 Å². The number of fused-ring (bicyclic) bond motifs is 1. The van der Waals surface area contributed by atoms with E-state index in [-0.39, 0.29) is 0 Å². The zero-order chi connectivity index (χ0) is 12.4. The van der Waals surface area contributed by atoms with Gasteiger partial charge in [0.15, 0.2) is 0 Å². The molecule has 0 aromatic heterocycles. The van der Waals surface area contributed by atoms with Crippen LogP contribution < -0.4 is 5.32 Å². The lowest BCUT2D eigenvalue weighted by atomic mass is 9.91. The lowest BCUT2D eigenvalue weighted by molar-refractivity contribution is 0.109. The van der Waals surface area contributed by atoms with Crippen LogP contribution in [0.3, 0.4) is 0 Å². The molecule has 1 N–H and O–H groups in total. The molecule has 0 bridgehead atoms. The second-order valence-electron chi connectivity index (χ2n) is 6.47. The summed E-state index contributed by atoms with van der Waals surface area (Å²) >= 11 is 0. The number of nitrogens with zero attached hydrogens (tertiary/aromatic N) is 2. The first-order chi connectivity index (χ1) is 8.88. The van der Waals surface area contributed by atoms with Crippen molar-refractivity contribution in [2.45, 2.75) is 50.6 Å². The van der Waals surface area contributed by atoms with Crippen molar-refractivity contribution in [1.29, 1.82) is 0 Å². The Hall–Kier alpha value is -0.120. The molecule has 3 fully saturated rings. The van der Waals surface area contributed by atoms with Crippen molar-refractivity contribution in [2.75, 3.05) is 39.8 Å². The first-order valence-electron chi connectivity index (χ1n) is 8.01. The number of nitrogens with one attached hydrogen (secondary N) is 1. The molecule has 0 aromatic carbocycles. The summed E-state index contributed by atoms with van der Waals surface area (Å²) < 4.78 is 0. The van der Waals surface area contributed by atoms with Crippen LogP contribution >= 0.6 is 0 Å². The maximum absolute atomic E-state index is 3.29. The Morgan fingerprint density at radius 3 is 2.33 bits per heavy atom. The van der Waals surface area contributed by atoms with Gasteiger partial charge in [-0.05, 0) is 77.7 Å². The van der Waals surface area contributed by atoms with Gasteiger partial charge in [-0.25, -0.2) is 0 Å². The minimum Gasteiger partial charge on any atom is -0.320 e. The van der Waals surface area contributed by atoms with Crippen LogP contribution in [0.25, 0.3) is 0 Å². The molecule has 0 amide bonds. The average Bonchev–Trinajstić information content (AvgIpc) is 2.99. The summed E-state index contributed by atoms with van der Waals surface area (Å²) in [6, 6.07) is 1.82. The van der Waals surface area contributed by atoms with Gasteiger partial charge in [0, 0.05) is 18.6 Å². The third-order valence-corrected chi connectivity index (χ3v) is 5.49. The third kappa shape index (κ3) is 2.59. The van der Waals surface area contributed by atoms with Crippen LogP contribution in [0.15, 0.2) is 0 Å². The Labute approximate surface area is 112 Å². The van der Waals surface area contributed by atoms with E-state index in [2.05, 4.69) is 22.2 Å². The van der Waals surface area contributed by atoms with Gasteiger partial charge in [-0.2, -0.15) is 0 Å². The molecule has 2 atom stereocenters. The summed E-state index contributed by atoms with van der Waals surface area (Å²) in [6.07, 6.45) is 8.59. The van der Waals surface area contributed by atoms with Gasteiger partial charge in [0.1, 0.15) is 0 Å². The summed E-state index contributed by atoms with van der Waals surface area (Å²) in [4.78, 5) is 5.57. The van der Waals surface area contributed by atoms with Gasteiger partial charge in [0.05, 0.1) is 0 Å². The Bertz CT molecular complexity index is 260. The Morgan fingerprint density at radius 1 is 0.889 bits per heavy atom. The van der Waals surface area contributed by atoms with Gasteiger partial charge in [-0.1, -0.05) is 0 Å². The predicted octanol–water partition coefficient (Wildman–Crippen LogP) is 1.54. The zero-order valence-corrected chi connectivity index (χ0v) is 11.9. The fourth-order valence-corrected chi connectivity index (χ4v) is 4.40. The minimum absolute atomic E-state index is 0.901. The van der Waals surface area contributed by atoms with Crippen molar-refractivity contribution < 1.29 is 0 Å². The highest BCUT2D eigenvalue weighted by Crippen LogP contribution is 2.33. The maximum atomic E-state index is 3.29. The van der Waals surface area contributed by atoms with E-state index >= 15 is 0 Å². The van der Waals surface area contributed by atoms with E-state index in [1.165, 1.54) is 71.2 Å². The molecule has 104 valence electrons. The van der Waals surface area contributed by atoms with E-state index < -0.39 is 0 Å². The molecule has 3 nitrogen and oxygen atoms in total. The third-order valence-electron chi connectivity index (χ3n) is 5.49. The second kappa shape index (κ2) is 5.89. The Morgan fingerprint density at radius 2 is 1.56 bits per heavy atom. The van der Waals surface area contributed by atoms with Gasteiger partial charge in [-0.3, -0.25) is 9.80 Å². The standard InChI is InChI=1S/C15H29N3/c1-16-8-4-13-5-10-18(11-6-13)15-7-12-17-9-2-3-14(15)17/h13-16H,2-12H2,1H3. The molecular formula is C15H29N3. The summed E-state index contributed by atoms with van der Waals surface area (Å²) in [5, 5.41) is 3.29. The van der Waals surface area contributed by atoms with Crippen molar-refractivity contribution in [3.63, 3.8) is 0 Å². The minimum atomic E-state index is 0.901. The molecule has 3 aliphatic rings. The molecule has 18 heavy (non-hydrogen) atoms.